The van der Waals surface area contributed by atoms with Gasteiger partial charge in [-0.3, -0.25) is 4.79 Å². The number of unbranched alkanes of at least 4 members (excludes halogenated alkanes) is 1. The molecule has 5 rings (SSSR count). The van der Waals surface area contributed by atoms with E-state index < -0.39 is 0 Å². The van der Waals surface area contributed by atoms with Gasteiger partial charge in [-0.05, 0) is 68.3 Å². The van der Waals surface area contributed by atoms with Crippen molar-refractivity contribution in [2.75, 3.05) is 18.1 Å². The van der Waals surface area contributed by atoms with Crippen LogP contribution in [0.3, 0.4) is 0 Å². The lowest BCUT2D eigenvalue weighted by Crippen LogP contribution is -2.24. The number of benzene rings is 3. The van der Waals surface area contributed by atoms with Crippen molar-refractivity contribution in [3.63, 3.8) is 0 Å². The highest BCUT2D eigenvalue weighted by molar-refractivity contribution is 6.30. The number of imidazole rings is 1. The maximum Gasteiger partial charge on any atom is 0.227 e. The second-order valence-electron chi connectivity index (χ2n) is 8.86. The highest BCUT2D eigenvalue weighted by Gasteiger charge is 2.34. The van der Waals surface area contributed by atoms with Crippen molar-refractivity contribution in [1.82, 2.24) is 9.55 Å². The fraction of sp³-hybridized carbons (Fsp3) is 0.286. The minimum absolute atomic E-state index is 0.0550. The summed E-state index contributed by atoms with van der Waals surface area (Å²) in [6, 6.07) is 23.8. The summed E-state index contributed by atoms with van der Waals surface area (Å²) >= 11 is 6.03. The van der Waals surface area contributed by atoms with Gasteiger partial charge in [-0.1, -0.05) is 41.4 Å². The second kappa shape index (κ2) is 9.90. The van der Waals surface area contributed by atoms with Crippen LogP contribution in [0.1, 0.15) is 36.6 Å². The first-order valence-electron chi connectivity index (χ1n) is 11.8. The molecular weight excluding hydrogens is 446 g/mol. The van der Waals surface area contributed by atoms with Crippen LogP contribution in [0.2, 0.25) is 5.02 Å². The van der Waals surface area contributed by atoms with Crippen LogP contribution < -0.4 is 9.64 Å². The van der Waals surface area contributed by atoms with Gasteiger partial charge in [0, 0.05) is 36.1 Å². The number of para-hydroxylation sites is 2. The van der Waals surface area contributed by atoms with Gasteiger partial charge >= 0.3 is 0 Å². The number of hydrogen-bond acceptors (Lipinski definition) is 3. The van der Waals surface area contributed by atoms with Crippen molar-refractivity contribution in [1.29, 1.82) is 0 Å². The van der Waals surface area contributed by atoms with E-state index in [2.05, 4.69) is 29.7 Å². The number of nitrogens with zero attached hydrogens (tertiary/aromatic N) is 3. The molecule has 0 saturated carbocycles. The van der Waals surface area contributed by atoms with Crippen LogP contribution in [0.4, 0.5) is 5.69 Å². The smallest absolute Gasteiger partial charge is 0.227 e. The Hall–Kier alpha value is -3.31. The van der Waals surface area contributed by atoms with Gasteiger partial charge in [-0.2, -0.15) is 0 Å². The lowest BCUT2D eigenvalue weighted by Gasteiger charge is -2.17. The number of fused-ring (bicyclic) bond motifs is 1. The third-order valence-electron chi connectivity index (χ3n) is 6.38. The Balaban J connectivity index is 1.28. The molecule has 4 aromatic rings. The van der Waals surface area contributed by atoms with Gasteiger partial charge < -0.3 is 14.2 Å². The molecule has 0 aliphatic carbocycles. The van der Waals surface area contributed by atoms with Gasteiger partial charge in [-0.25, -0.2) is 4.98 Å². The number of aryl methyl sites for hydroxylation is 2. The number of anilines is 1. The number of aromatic nitrogens is 2. The molecule has 0 N–H and O–H groups in total. The first kappa shape index (κ1) is 22.5. The molecule has 1 aliphatic heterocycles. The fourth-order valence-electron chi connectivity index (χ4n) is 4.59. The number of carbonyl (C=O) groups is 1. The summed E-state index contributed by atoms with van der Waals surface area (Å²) in [5, 5.41) is 0.667. The summed E-state index contributed by atoms with van der Waals surface area (Å²) in [6.07, 6.45) is 2.38. The molecule has 34 heavy (non-hydrogen) atoms. The Morgan fingerprint density at radius 2 is 1.76 bits per heavy atom. The predicted molar refractivity (Wildman–Crippen MR) is 137 cm³/mol. The van der Waals surface area contributed by atoms with Crippen molar-refractivity contribution in [3.05, 3.63) is 89.2 Å². The zero-order valence-electron chi connectivity index (χ0n) is 19.3. The summed E-state index contributed by atoms with van der Waals surface area (Å²) in [5.41, 5.74) is 4.21. The van der Waals surface area contributed by atoms with Crippen molar-refractivity contribution >= 4 is 34.2 Å². The topological polar surface area (TPSA) is 47.4 Å². The summed E-state index contributed by atoms with van der Waals surface area (Å²) in [4.78, 5) is 19.7. The van der Waals surface area contributed by atoms with Gasteiger partial charge in [0.05, 0.1) is 17.6 Å². The molecule has 2 heterocycles. The highest BCUT2D eigenvalue weighted by atomic mass is 35.5. The maximum atomic E-state index is 12.9. The average Bonchev–Trinajstić information content (AvgIpc) is 3.41. The van der Waals surface area contributed by atoms with Crippen molar-refractivity contribution in [2.45, 2.75) is 38.6 Å². The maximum absolute atomic E-state index is 12.9. The Bertz CT molecular complexity index is 1280. The van der Waals surface area contributed by atoms with Gasteiger partial charge in [0.2, 0.25) is 5.91 Å². The zero-order valence-corrected chi connectivity index (χ0v) is 20.0. The number of ether oxygens (including phenoxy) is 1. The van der Waals surface area contributed by atoms with Gasteiger partial charge in [-0.15, -0.1) is 0 Å². The quantitative estimate of drug-likeness (QED) is 0.279. The molecule has 1 amide bonds. The molecule has 0 bridgehead atoms. The first-order chi connectivity index (χ1) is 16.6. The lowest BCUT2D eigenvalue weighted by atomic mass is 10.1. The van der Waals surface area contributed by atoms with Crippen LogP contribution in [0.25, 0.3) is 11.0 Å². The third kappa shape index (κ3) is 4.80. The van der Waals surface area contributed by atoms with Crippen molar-refractivity contribution in [3.8, 4) is 5.75 Å². The Morgan fingerprint density at radius 1 is 1.00 bits per heavy atom. The number of hydrogen-bond donors (Lipinski definition) is 0. The van der Waals surface area contributed by atoms with E-state index in [1.807, 2.05) is 59.5 Å². The largest absolute Gasteiger partial charge is 0.494 e. The third-order valence-corrected chi connectivity index (χ3v) is 6.63. The molecular formula is C28H28ClN3O2. The van der Waals surface area contributed by atoms with Crippen molar-refractivity contribution < 1.29 is 9.53 Å². The van der Waals surface area contributed by atoms with E-state index in [0.717, 1.165) is 47.7 Å². The number of rotatable bonds is 8. The first-order valence-corrected chi connectivity index (χ1v) is 12.2. The molecule has 5 nitrogen and oxygen atoms in total. The van der Waals surface area contributed by atoms with E-state index >= 15 is 0 Å². The van der Waals surface area contributed by atoms with Crippen LogP contribution in [-0.2, 0) is 11.3 Å². The predicted octanol–water partition coefficient (Wildman–Crippen LogP) is 6.38. The average molecular weight is 474 g/mol. The molecule has 1 fully saturated rings. The molecule has 174 valence electrons. The van der Waals surface area contributed by atoms with Crippen LogP contribution in [0.5, 0.6) is 5.75 Å². The minimum Gasteiger partial charge on any atom is -0.494 e. The zero-order chi connectivity index (χ0) is 23.5. The van der Waals surface area contributed by atoms with Gasteiger partial charge in [0.25, 0.3) is 0 Å². The molecule has 0 radical (unpaired) electrons. The summed E-state index contributed by atoms with van der Waals surface area (Å²) in [5.74, 6) is 2.08. The van der Waals surface area contributed by atoms with Gasteiger partial charge in [0.1, 0.15) is 11.6 Å². The van der Waals surface area contributed by atoms with Gasteiger partial charge in [0.15, 0.2) is 0 Å². The van der Waals surface area contributed by atoms with Crippen LogP contribution >= 0.6 is 11.6 Å². The number of amides is 1. The van der Waals surface area contributed by atoms with Crippen LogP contribution in [0, 0.1) is 6.92 Å². The minimum atomic E-state index is 0.0550. The Morgan fingerprint density at radius 3 is 2.56 bits per heavy atom. The molecule has 1 atom stereocenters. The lowest BCUT2D eigenvalue weighted by molar-refractivity contribution is -0.117. The van der Waals surface area contributed by atoms with E-state index in [-0.39, 0.29) is 11.8 Å². The molecule has 1 unspecified atom stereocenters. The number of halogens is 1. The number of carbonyl (C=O) groups excluding carboxylic acids is 1. The molecule has 1 saturated heterocycles. The SMILES string of the molecule is Cc1ccc(OCCCCn2c(C3CC(=O)N(c4ccc(Cl)cc4)C3)nc3ccccc32)cc1. The molecule has 0 spiro atoms. The highest BCUT2D eigenvalue weighted by Crippen LogP contribution is 2.33. The van der Waals surface area contributed by atoms with E-state index in [1.54, 1.807) is 0 Å². The Kier molecular flexibility index (Phi) is 6.54. The van der Waals surface area contributed by atoms with E-state index in [1.165, 1.54) is 5.56 Å². The molecule has 3 aromatic carbocycles. The monoisotopic (exact) mass is 473 g/mol. The summed E-state index contributed by atoms with van der Waals surface area (Å²) in [6.45, 7) is 4.22. The fourth-order valence-corrected chi connectivity index (χ4v) is 4.71. The van der Waals surface area contributed by atoms with Crippen LogP contribution in [-0.4, -0.2) is 28.6 Å². The van der Waals surface area contributed by atoms with E-state index in [4.69, 9.17) is 21.3 Å². The van der Waals surface area contributed by atoms with E-state index in [9.17, 15) is 4.79 Å². The summed E-state index contributed by atoms with van der Waals surface area (Å²) < 4.78 is 8.19. The normalized spacial score (nSPS) is 15.9. The standard InChI is InChI=1S/C28H28ClN3O2/c1-20-8-14-24(15-9-20)34-17-5-4-16-31-26-7-3-2-6-25(26)30-28(31)21-18-27(33)32(19-21)23-12-10-22(29)11-13-23/h2-3,6-15,21H,4-5,16-19H2,1H3. The van der Waals surface area contributed by atoms with E-state index in [0.29, 0.717) is 24.6 Å². The Labute approximate surface area is 204 Å². The second-order valence-corrected chi connectivity index (χ2v) is 9.30. The molecule has 1 aromatic heterocycles. The molecule has 1 aliphatic rings. The summed E-state index contributed by atoms with van der Waals surface area (Å²) in [7, 11) is 0. The van der Waals surface area contributed by atoms with Crippen molar-refractivity contribution in [2.24, 2.45) is 0 Å². The molecule has 6 heteroatoms. The van der Waals surface area contributed by atoms with Crippen LogP contribution in [0.15, 0.2) is 72.8 Å².